The average Bonchev–Trinajstić information content (AvgIpc) is 2.22. The highest BCUT2D eigenvalue weighted by molar-refractivity contribution is 9.10. The Balaban J connectivity index is 2.70. The van der Waals surface area contributed by atoms with Gasteiger partial charge in [-0.2, -0.15) is 0 Å². The van der Waals surface area contributed by atoms with E-state index in [1.54, 1.807) is 12.1 Å². The van der Waals surface area contributed by atoms with Crippen molar-refractivity contribution in [1.82, 2.24) is 0 Å². The molecule has 0 saturated carbocycles. The molecule has 0 saturated heterocycles. The highest BCUT2D eigenvalue weighted by Crippen LogP contribution is 2.20. The summed E-state index contributed by atoms with van der Waals surface area (Å²) in [5.41, 5.74) is 1.60. The monoisotopic (exact) mass is 331 g/mol. The Hall–Kier alpha value is -1.14. The van der Waals surface area contributed by atoms with E-state index < -0.39 is 21.5 Å². The molecule has 1 amide bonds. The number of halogens is 1. The number of hydrogen-bond donors (Lipinski definition) is 1. The van der Waals surface area contributed by atoms with Crippen LogP contribution in [0.3, 0.4) is 0 Å². The summed E-state index contributed by atoms with van der Waals surface area (Å²) >= 11 is 3.34. The van der Waals surface area contributed by atoms with Crippen molar-refractivity contribution in [2.45, 2.75) is 6.92 Å². The van der Waals surface area contributed by atoms with Crippen molar-refractivity contribution >= 4 is 37.4 Å². The molecule has 0 heterocycles. The Morgan fingerprint density at radius 1 is 1.50 bits per heavy atom. The van der Waals surface area contributed by atoms with E-state index in [-0.39, 0.29) is 5.75 Å². The summed E-state index contributed by atoms with van der Waals surface area (Å²) < 4.78 is 23.7. The van der Waals surface area contributed by atoms with Crippen molar-refractivity contribution in [1.29, 1.82) is 0 Å². The van der Waals surface area contributed by atoms with Crippen LogP contribution >= 0.6 is 15.9 Å². The molecule has 1 aromatic carbocycles. The van der Waals surface area contributed by atoms with Gasteiger partial charge in [-0.1, -0.05) is 28.1 Å². The highest BCUT2D eigenvalue weighted by atomic mass is 79.9. The molecular formula is C12H14BrNO3S. The normalized spacial score (nSPS) is 11.0. The summed E-state index contributed by atoms with van der Waals surface area (Å²) in [4.78, 5) is 11.6. The maximum absolute atomic E-state index is 11.6. The van der Waals surface area contributed by atoms with E-state index in [0.29, 0.717) is 5.69 Å². The highest BCUT2D eigenvalue weighted by Gasteiger charge is 2.15. The van der Waals surface area contributed by atoms with Gasteiger partial charge in [0, 0.05) is 10.2 Å². The lowest BCUT2D eigenvalue weighted by Crippen LogP contribution is -2.24. The van der Waals surface area contributed by atoms with Crippen LogP contribution in [0.1, 0.15) is 5.56 Å². The molecule has 0 aliphatic heterocycles. The molecule has 1 N–H and O–H groups in total. The van der Waals surface area contributed by atoms with Crippen LogP contribution in [0.5, 0.6) is 0 Å². The average molecular weight is 332 g/mol. The van der Waals surface area contributed by atoms with Crippen LogP contribution < -0.4 is 5.32 Å². The third-order valence-corrected chi connectivity index (χ3v) is 4.48. The summed E-state index contributed by atoms with van der Waals surface area (Å²) in [7, 11) is -3.41. The first-order valence-electron chi connectivity index (χ1n) is 5.21. The Labute approximate surface area is 115 Å². The molecule has 0 aromatic heterocycles. The van der Waals surface area contributed by atoms with E-state index >= 15 is 0 Å². The summed E-state index contributed by atoms with van der Waals surface area (Å²) in [5.74, 6) is -1.28. The molecule has 0 aliphatic carbocycles. The van der Waals surface area contributed by atoms with E-state index in [4.69, 9.17) is 0 Å². The number of nitrogens with one attached hydrogen (secondary N) is 1. The predicted molar refractivity (Wildman–Crippen MR) is 76.4 cm³/mol. The number of sulfone groups is 1. The molecule has 4 nitrogen and oxygen atoms in total. The lowest BCUT2D eigenvalue weighted by atomic mass is 10.2. The zero-order chi connectivity index (χ0) is 13.8. The molecule has 0 spiro atoms. The fourth-order valence-corrected chi connectivity index (χ4v) is 2.63. The number of hydrogen-bond acceptors (Lipinski definition) is 3. The molecule has 98 valence electrons. The number of aryl methyl sites for hydroxylation is 1. The first-order chi connectivity index (χ1) is 8.34. The van der Waals surface area contributed by atoms with Gasteiger partial charge in [-0.05, 0) is 24.6 Å². The van der Waals surface area contributed by atoms with Crippen LogP contribution in [0.4, 0.5) is 5.69 Å². The Bertz CT molecular complexity index is 567. The van der Waals surface area contributed by atoms with Crippen LogP contribution in [-0.4, -0.2) is 25.8 Å². The summed E-state index contributed by atoms with van der Waals surface area (Å²) in [6.07, 6.45) is 1.27. The van der Waals surface area contributed by atoms with Crippen LogP contribution in [0.2, 0.25) is 0 Å². The van der Waals surface area contributed by atoms with Crippen LogP contribution in [0.15, 0.2) is 35.3 Å². The fraction of sp³-hybridized carbons (Fsp3) is 0.250. The minimum atomic E-state index is -3.41. The topological polar surface area (TPSA) is 63.2 Å². The molecular weight excluding hydrogens is 318 g/mol. The minimum absolute atomic E-state index is 0.196. The third-order valence-electron chi connectivity index (χ3n) is 2.18. The van der Waals surface area contributed by atoms with E-state index in [1.165, 1.54) is 6.08 Å². The van der Waals surface area contributed by atoms with Crippen molar-refractivity contribution in [3.63, 3.8) is 0 Å². The van der Waals surface area contributed by atoms with Crippen molar-refractivity contribution < 1.29 is 13.2 Å². The Morgan fingerprint density at radius 2 is 2.17 bits per heavy atom. The van der Waals surface area contributed by atoms with Crippen LogP contribution in [-0.2, 0) is 14.6 Å². The lowest BCUT2D eigenvalue weighted by molar-refractivity contribution is -0.113. The van der Waals surface area contributed by atoms with Gasteiger partial charge in [0.1, 0.15) is 5.75 Å². The maximum Gasteiger partial charge on any atom is 0.239 e. The van der Waals surface area contributed by atoms with E-state index in [0.717, 1.165) is 10.0 Å². The summed E-state index contributed by atoms with van der Waals surface area (Å²) in [6.45, 7) is 5.26. The molecule has 1 aromatic rings. The van der Waals surface area contributed by atoms with Crippen molar-refractivity contribution in [2.24, 2.45) is 0 Å². The molecule has 0 radical (unpaired) electrons. The molecule has 6 heteroatoms. The molecule has 0 unspecified atom stereocenters. The smallest absolute Gasteiger partial charge is 0.239 e. The van der Waals surface area contributed by atoms with Crippen molar-refractivity contribution in [3.05, 3.63) is 40.9 Å². The van der Waals surface area contributed by atoms with E-state index in [1.807, 2.05) is 13.0 Å². The van der Waals surface area contributed by atoms with Gasteiger partial charge in [0.15, 0.2) is 9.84 Å². The zero-order valence-corrected chi connectivity index (χ0v) is 12.3. The molecule has 0 aliphatic rings. The number of amides is 1. The number of carbonyl (C=O) groups is 1. The summed E-state index contributed by atoms with van der Waals surface area (Å²) in [6, 6.07) is 5.28. The minimum Gasteiger partial charge on any atom is -0.325 e. The predicted octanol–water partition coefficient (Wildman–Crippen LogP) is 2.30. The standard InChI is InChI=1S/C12H14BrNO3S/c1-3-6-18(16,17)8-12(15)14-10-5-4-9(2)11(13)7-10/h3-5,7H,1,6,8H2,2H3,(H,14,15). The van der Waals surface area contributed by atoms with Crippen LogP contribution in [0, 0.1) is 6.92 Å². The largest absolute Gasteiger partial charge is 0.325 e. The van der Waals surface area contributed by atoms with Crippen molar-refractivity contribution in [3.8, 4) is 0 Å². The summed E-state index contributed by atoms with van der Waals surface area (Å²) in [5, 5.41) is 2.54. The second-order valence-corrected chi connectivity index (χ2v) is 6.82. The molecule has 0 bridgehead atoms. The molecule has 18 heavy (non-hydrogen) atoms. The lowest BCUT2D eigenvalue weighted by Gasteiger charge is -2.07. The van der Waals surface area contributed by atoms with E-state index in [9.17, 15) is 13.2 Å². The first-order valence-corrected chi connectivity index (χ1v) is 7.83. The van der Waals surface area contributed by atoms with Gasteiger partial charge >= 0.3 is 0 Å². The number of carbonyl (C=O) groups excluding carboxylic acids is 1. The van der Waals surface area contributed by atoms with Gasteiger partial charge in [0.05, 0.1) is 5.75 Å². The van der Waals surface area contributed by atoms with Crippen molar-refractivity contribution in [2.75, 3.05) is 16.8 Å². The quantitative estimate of drug-likeness (QED) is 0.842. The Kier molecular flexibility index (Phi) is 5.10. The van der Waals surface area contributed by atoms with Gasteiger partial charge in [0.2, 0.25) is 5.91 Å². The van der Waals surface area contributed by atoms with Crippen LogP contribution in [0.25, 0.3) is 0 Å². The molecule has 0 fully saturated rings. The zero-order valence-electron chi connectivity index (χ0n) is 9.94. The van der Waals surface area contributed by atoms with Gasteiger partial charge in [0.25, 0.3) is 0 Å². The van der Waals surface area contributed by atoms with Gasteiger partial charge in [-0.3, -0.25) is 4.79 Å². The molecule has 1 rings (SSSR count). The SMILES string of the molecule is C=CCS(=O)(=O)CC(=O)Nc1ccc(C)c(Br)c1. The second-order valence-electron chi connectivity index (χ2n) is 3.86. The van der Waals surface area contributed by atoms with Gasteiger partial charge in [-0.25, -0.2) is 8.42 Å². The van der Waals surface area contributed by atoms with Gasteiger partial charge in [-0.15, -0.1) is 6.58 Å². The van der Waals surface area contributed by atoms with E-state index in [2.05, 4.69) is 27.8 Å². The fourth-order valence-electron chi connectivity index (χ4n) is 1.31. The second kappa shape index (κ2) is 6.15. The first kappa shape index (κ1) is 14.9. The Morgan fingerprint density at radius 3 is 2.72 bits per heavy atom. The number of benzene rings is 1. The van der Waals surface area contributed by atoms with Gasteiger partial charge < -0.3 is 5.32 Å². The third kappa shape index (κ3) is 4.62. The maximum atomic E-state index is 11.6. The number of rotatable bonds is 5. The number of anilines is 1. The molecule has 0 atom stereocenters.